The van der Waals surface area contributed by atoms with Gasteiger partial charge in [0.15, 0.2) is 0 Å². The van der Waals surface area contributed by atoms with E-state index in [0.29, 0.717) is 0 Å². The molecule has 0 aromatic carbocycles. The number of quaternary nitrogens is 8. The fraction of sp³-hybridized carbons (Fsp3) is 0.923. The monoisotopic (exact) mass is 1090 g/mol. The van der Waals surface area contributed by atoms with Gasteiger partial charge in [-0.15, -0.1) is 0 Å². The van der Waals surface area contributed by atoms with Crippen molar-refractivity contribution in [3.63, 3.8) is 0 Å². The highest BCUT2D eigenvalue weighted by Gasteiger charge is 2.05. The van der Waals surface area contributed by atoms with Gasteiger partial charge in [-0.05, 0) is 75.2 Å². The van der Waals surface area contributed by atoms with E-state index in [9.17, 15) is 0 Å². The minimum atomic E-state index is -2.31. The molecule has 0 amide bonds. The lowest BCUT2D eigenvalue weighted by Crippen LogP contribution is -2.43. The van der Waals surface area contributed by atoms with Crippen LogP contribution in [0.1, 0.15) is 107 Å². The fourth-order valence-corrected chi connectivity index (χ4v) is 5.37. The van der Waals surface area contributed by atoms with E-state index in [1.165, 1.54) is 104 Å². The summed E-state index contributed by atoms with van der Waals surface area (Å²) in [6.07, 6.45) is 10.2. The quantitative estimate of drug-likeness (QED) is 0.118. The number of hydrogen-bond acceptors (Lipinski definition) is 12. The number of hydrogen-bond donors (Lipinski definition) is 0. The summed E-state index contributed by atoms with van der Waals surface area (Å²) in [6, 6.07) is 0. The molecule has 0 radical (unpaired) electrons. The first kappa shape index (κ1) is 102. The smallest absolute Gasteiger partial charge is 0.0777 e. The average molecular weight is 1090 g/mol. The van der Waals surface area contributed by atoms with Crippen molar-refractivity contribution >= 4 is 28.5 Å². The number of nitrogens with zero attached hydrogens (tertiary/aromatic N) is 12. The standard InChI is InChI=1S/8C6H16N.4CBNO2/c8*1-5-6-7(2,3)4;4*3-1-2(4)5/h8*5-6H2,1-4H3;;;;/q8*+1;4*-2. The second-order valence-corrected chi connectivity index (χ2v) is 26.0. The molecule has 0 aliphatic carbocycles. The third kappa shape index (κ3) is 252. The van der Waals surface area contributed by atoms with Crippen molar-refractivity contribution in [3.05, 3.63) is 0 Å². The van der Waals surface area contributed by atoms with Gasteiger partial charge in [-0.1, -0.05) is 55.4 Å². The predicted octanol–water partition coefficient (Wildman–Crippen LogP) is -2.15. The van der Waals surface area contributed by atoms with E-state index in [0.717, 1.165) is 59.7 Å². The summed E-state index contributed by atoms with van der Waals surface area (Å²) in [5, 5.41) is 101. The van der Waals surface area contributed by atoms with Gasteiger partial charge in [0.05, 0.1) is 222 Å². The molecular weight excluding hydrogens is 964 g/mol. The van der Waals surface area contributed by atoms with Crippen LogP contribution in [-0.2, 0) is 0 Å². The van der Waals surface area contributed by atoms with Crippen LogP contribution in [0.3, 0.4) is 0 Å². The molecule has 0 fully saturated rings. The van der Waals surface area contributed by atoms with Gasteiger partial charge < -0.3 is 76.1 Å². The lowest BCUT2D eigenvalue weighted by Gasteiger charge is -2.22. The topological polar surface area (TPSA) is 280 Å². The van der Waals surface area contributed by atoms with Crippen LogP contribution in [0.5, 0.6) is 0 Å². The van der Waals surface area contributed by atoms with Gasteiger partial charge in [0.2, 0.25) is 0 Å². The molecule has 76 heavy (non-hydrogen) atoms. The van der Waals surface area contributed by atoms with E-state index in [4.69, 9.17) is 61.2 Å². The first-order valence-electron chi connectivity index (χ1n) is 26.9. The maximum Gasteiger partial charge on any atom is 0.0777 e. The van der Waals surface area contributed by atoms with Gasteiger partial charge in [0, 0.05) is 28.5 Å². The predicted molar refractivity (Wildman–Crippen MR) is 311 cm³/mol. The van der Waals surface area contributed by atoms with Gasteiger partial charge in [-0.3, -0.25) is 0 Å². The van der Waals surface area contributed by atoms with Crippen molar-refractivity contribution in [2.24, 2.45) is 0 Å². The molecule has 0 spiro atoms. The Balaban J connectivity index is -0.0000000589. The van der Waals surface area contributed by atoms with Crippen LogP contribution >= 0.6 is 0 Å². The van der Waals surface area contributed by atoms with E-state index in [1.54, 1.807) is 0 Å². The normalized spacial score (nSPS) is 10.4. The maximum absolute atomic E-state index is 8.98. The zero-order valence-electron chi connectivity index (χ0n) is 56.3. The molecule has 0 saturated heterocycles. The Morgan fingerprint density at radius 3 is 0.263 bits per heavy atom. The highest BCUT2D eigenvalue weighted by atomic mass is 16.4. The first-order chi connectivity index (χ1) is 33.6. The second-order valence-electron chi connectivity index (χ2n) is 26.0. The van der Waals surface area contributed by atoms with Crippen molar-refractivity contribution in [1.29, 1.82) is 21.0 Å². The van der Waals surface area contributed by atoms with Crippen LogP contribution in [-0.4, -0.2) is 286 Å². The Hall–Kier alpha value is -2.42. The van der Waals surface area contributed by atoms with E-state index in [-0.39, 0.29) is 0 Å². The summed E-state index contributed by atoms with van der Waals surface area (Å²) in [4.78, 5) is 0. The fourth-order valence-electron chi connectivity index (χ4n) is 5.37. The van der Waals surface area contributed by atoms with Crippen molar-refractivity contribution in [2.45, 2.75) is 107 Å². The average Bonchev–Trinajstić information content (AvgIpc) is 3.17. The lowest BCUT2D eigenvalue weighted by molar-refractivity contribution is -0.870. The minimum absolute atomic E-state index is 0.917. The number of rotatable bonds is 16. The third-order valence-corrected chi connectivity index (χ3v) is 7.58. The van der Waals surface area contributed by atoms with E-state index in [2.05, 4.69) is 225 Å². The van der Waals surface area contributed by atoms with Crippen LogP contribution in [0.2, 0.25) is 0 Å². The van der Waals surface area contributed by atoms with Crippen LogP contribution in [0.25, 0.3) is 0 Å². The Bertz CT molecular complexity index is 1050. The SMILES string of the molecule is CCC[N+](C)(C)C.CCC[N+](C)(C)C.CCC[N+](C)(C)C.CCC[N+](C)(C)C.CCC[N+](C)(C)C.CCC[N+](C)(C)C.CCC[N+](C)(C)C.CCC[N+](C)(C)C.N#CB([O-])[O-].N#CB([O-])[O-].N#CB([O-])[O-].N#CB([O-])[O-]. The molecule has 0 aliphatic rings. The number of nitriles is 4. The van der Waals surface area contributed by atoms with Crippen molar-refractivity contribution in [2.75, 3.05) is 222 Å². The van der Waals surface area contributed by atoms with Gasteiger partial charge in [-0.2, -0.15) is 0 Å². The van der Waals surface area contributed by atoms with Crippen LogP contribution in [0, 0.1) is 44.9 Å². The molecule has 456 valence electrons. The Kier molecular flexibility index (Phi) is 83.1. The summed E-state index contributed by atoms with van der Waals surface area (Å²) < 4.78 is 8.75. The molecule has 0 aliphatic heterocycles. The summed E-state index contributed by atoms with van der Waals surface area (Å²) in [5.74, 6) is 3.67. The molecule has 0 N–H and O–H groups in total. The lowest BCUT2D eigenvalue weighted by atomic mass is 9.97. The molecule has 0 aromatic heterocycles. The Labute approximate surface area is 476 Å². The van der Waals surface area contributed by atoms with Crippen molar-refractivity contribution in [3.8, 4) is 23.9 Å². The Morgan fingerprint density at radius 1 is 0.211 bits per heavy atom. The molecule has 0 aromatic rings. The molecule has 0 rings (SSSR count). The van der Waals surface area contributed by atoms with E-state index < -0.39 is 28.5 Å². The van der Waals surface area contributed by atoms with Gasteiger partial charge in [0.1, 0.15) is 0 Å². The van der Waals surface area contributed by atoms with Gasteiger partial charge >= 0.3 is 0 Å². The van der Waals surface area contributed by atoms with Gasteiger partial charge in [-0.25, -0.2) is 21.0 Å². The minimum Gasteiger partial charge on any atom is -0.881 e. The van der Waals surface area contributed by atoms with Crippen molar-refractivity contribution < 1.29 is 76.1 Å². The van der Waals surface area contributed by atoms with E-state index in [1.807, 2.05) is 0 Å². The first-order valence-corrected chi connectivity index (χ1v) is 26.9. The molecule has 0 heterocycles. The molecule has 24 heteroatoms. The molecular formula is C52H128B4N12O8. The van der Waals surface area contributed by atoms with Crippen LogP contribution in [0.4, 0.5) is 0 Å². The highest BCUT2D eigenvalue weighted by Crippen LogP contribution is 1.94. The zero-order chi connectivity index (χ0) is 64.5. The van der Waals surface area contributed by atoms with E-state index >= 15 is 0 Å². The van der Waals surface area contributed by atoms with Gasteiger partial charge in [0.25, 0.3) is 0 Å². The van der Waals surface area contributed by atoms with Crippen molar-refractivity contribution in [1.82, 2.24) is 0 Å². The molecule has 0 bridgehead atoms. The zero-order valence-corrected chi connectivity index (χ0v) is 56.3. The highest BCUT2D eigenvalue weighted by molar-refractivity contribution is 6.47. The largest absolute Gasteiger partial charge is 0.881 e. The van der Waals surface area contributed by atoms with Crippen LogP contribution in [0.15, 0.2) is 0 Å². The summed E-state index contributed by atoms with van der Waals surface area (Å²) in [6.45, 7) is 27.9. The molecule has 0 unspecified atom stereocenters. The summed E-state index contributed by atoms with van der Waals surface area (Å²) >= 11 is 0. The maximum atomic E-state index is 8.98. The Morgan fingerprint density at radius 2 is 0.263 bits per heavy atom. The second kappa shape index (κ2) is 61.8. The molecule has 0 atom stereocenters. The van der Waals surface area contributed by atoms with Crippen LogP contribution < -0.4 is 40.2 Å². The third-order valence-electron chi connectivity index (χ3n) is 7.58. The summed E-state index contributed by atoms with van der Waals surface area (Å²) in [7, 11) is 43.8. The molecule has 20 nitrogen and oxygen atoms in total. The molecule has 0 saturated carbocycles. The summed E-state index contributed by atoms with van der Waals surface area (Å²) in [5.41, 5.74) is 0.